The number of rotatable bonds is 1. The molecule has 2 aromatic rings. The molecule has 0 aliphatic carbocycles. The second-order valence-corrected chi connectivity index (χ2v) is 2.98. The predicted molar refractivity (Wildman–Crippen MR) is 52.7 cm³/mol. The quantitative estimate of drug-likeness (QED) is 0.712. The van der Waals surface area contributed by atoms with Crippen LogP contribution in [0.1, 0.15) is 10.6 Å². The normalized spacial score (nSPS) is 10.4. The number of carbonyl (C=O) groups is 1. The summed E-state index contributed by atoms with van der Waals surface area (Å²) in [4.78, 5) is 22.2. The van der Waals surface area contributed by atoms with Crippen molar-refractivity contribution in [2.75, 3.05) is 0 Å². The number of benzene rings is 1. The van der Waals surface area contributed by atoms with Gasteiger partial charge in [-0.15, -0.1) is 0 Å². The van der Waals surface area contributed by atoms with Crippen molar-refractivity contribution < 1.29 is 14.3 Å². The molecule has 0 spiro atoms. The average Bonchev–Trinajstić information content (AvgIpc) is 2.23. The summed E-state index contributed by atoms with van der Waals surface area (Å²) in [5.74, 6) is -1.90. The Morgan fingerprint density at radius 2 is 1.87 bits per heavy atom. The highest BCUT2D eigenvalue weighted by molar-refractivity contribution is 5.99. The van der Waals surface area contributed by atoms with Gasteiger partial charge in [0.15, 0.2) is 5.75 Å². The number of nitrogens with two attached hydrogens (primary N) is 1. The van der Waals surface area contributed by atoms with Gasteiger partial charge >= 0.3 is 5.63 Å². The molecule has 5 heteroatoms. The molecule has 1 amide bonds. The molecule has 0 aliphatic heterocycles. The van der Waals surface area contributed by atoms with Gasteiger partial charge in [-0.3, -0.25) is 4.79 Å². The first kappa shape index (κ1) is 9.26. The summed E-state index contributed by atoms with van der Waals surface area (Å²) in [6, 6.07) is 6.26. The van der Waals surface area contributed by atoms with E-state index < -0.39 is 23.0 Å². The smallest absolute Gasteiger partial charge is 0.344 e. The lowest BCUT2D eigenvalue weighted by Crippen LogP contribution is -2.14. The largest absolute Gasteiger partial charge is 0.504 e. The monoisotopic (exact) mass is 205 g/mol. The molecular formula is C10H7NO4. The van der Waals surface area contributed by atoms with Crippen molar-refractivity contribution in [3.05, 3.63) is 40.4 Å². The van der Waals surface area contributed by atoms with Gasteiger partial charge in [0.05, 0.1) is 5.39 Å². The maximum absolute atomic E-state index is 11.4. The number of hydrogen-bond donors (Lipinski definition) is 2. The number of fused-ring (bicyclic) bond motifs is 1. The first-order valence-corrected chi connectivity index (χ1v) is 4.16. The van der Waals surface area contributed by atoms with Crippen LogP contribution >= 0.6 is 0 Å². The highest BCUT2D eigenvalue weighted by Gasteiger charge is 2.16. The van der Waals surface area contributed by atoms with E-state index in [9.17, 15) is 14.7 Å². The molecule has 15 heavy (non-hydrogen) atoms. The van der Waals surface area contributed by atoms with E-state index in [-0.39, 0.29) is 10.8 Å². The Morgan fingerprint density at radius 1 is 1.27 bits per heavy atom. The van der Waals surface area contributed by atoms with Gasteiger partial charge < -0.3 is 15.3 Å². The maximum atomic E-state index is 11.4. The molecule has 2 rings (SSSR count). The van der Waals surface area contributed by atoms with Crippen molar-refractivity contribution in [1.29, 1.82) is 0 Å². The zero-order valence-electron chi connectivity index (χ0n) is 7.56. The lowest BCUT2D eigenvalue weighted by atomic mass is 10.1. The van der Waals surface area contributed by atoms with Gasteiger partial charge in [0.2, 0.25) is 5.76 Å². The van der Waals surface area contributed by atoms with E-state index in [1.165, 1.54) is 12.1 Å². The predicted octanol–water partition coefficient (Wildman–Crippen LogP) is 0.598. The number of primary amides is 1. The summed E-state index contributed by atoms with van der Waals surface area (Å²) in [6.45, 7) is 0. The van der Waals surface area contributed by atoms with Crippen LogP contribution < -0.4 is 11.4 Å². The third-order valence-corrected chi connectivity index (χ3v) is 2.04. The van der Waals surface area contributed by atoms with Gasteiger partial charge in [-0.2, -0.15) is 0 Å². The molecule has 0 atom stereocenters. The molecule has 0 bridgehead atoms. The standard InChI is InChI=1S/C10H7NO4/c11-9(13)8-7(12)5-3-1-2-4-6(5)10(14)15-8/h1-4,12H,(H2,11,13). The molecule has 1 heterocycles. The van der Waals surface area contributed by atoms with Crippen LogP contribution in [0.2, 0.25) is 0 Å². The van der Waals surface area contributed by atoms with Gasteiger partial charge in [-0.1, -0.05) is 18.2 Å². The Hall–Kier alpha value is -2.30. The second kappa shape index (κ2) is 3.13. The van der Waals surface area contributed by atoms with Gasteiger partial charge in [-0.25, -0.2) is 4.79 Å². The topological polar surface area (TPSA) is 93.5 Å². The van der Waals surface area contributed by atoms with Crippen LogP contribution in [0.25, 0.3) is 10.8 Å². The van der Waals surface area contributed by atoms with E-state index >= 15 is 0 Å². The van der Waals surface area contributed by atoms with Crippen molar-refractivity contribution in [2.45, 2.75) is 0 Å². The fraction of sp³-hybridized carbons (Fsp3) is 0. The molecule has 0 radical (unpaired) electrons. The molecule has 0 unspecified atom stereocenters. The summed E-state index contributed by atoms with van der Waals surface area (Å²) in [7, 11) is 0. The van der Waals surface area contributed by atoms with Crippen LogP contribution in [-0.4, -0.2) is 11.0 Å². The Morgan fingerprint density at radius 3 is 2.47 bits per heavy atom. The molecule has 5 nitrogen and oxygen atoms in total. The zero-order valence-corrected chi connectivity index (χ0v) is 7.56. The molecule has 1 aromatic heterocycles. The van der Waals surface area contributed by atoms with Crippen LogP contribution in [0.15, 0.2) is 33.5 Å². The van der Waals surface area contributed by atoms with E-state index in [0.29, 0.717) is 0 Å². The summed E-state index contributed by atoms with van der Waals surface area (Å²) in [5, 5.41) is 10.1. The summed E-state index contributed by atoms with van der Waals surface area (Å²) < 4.78 is 4.60. The minimum Gasteiger partial charge on any atom is -0.504 e. The van der Waals surface area contributed by atoms with Crippen LogP contribution in [-0.2, 0) is 0 Å². The highest BCUT2D eigenvalue weighted by Crippen LogP contribution is 2.25. The average molecular weight is 205 g/mol. The molecule has 3 N–H and O–H groups in total. The molecule has 0 aliphatic rings. The third-order valence-electron chi connectivity index (χ3n) is 2.04. The minimum atomic E-state index is -0.977. The van der Waals surface area contributed by atoms with Crippen molar-refractivity contribution >= 4 is 16.7 Å². The van der Waals surface area contributed by atoms with Gasteiger partial charge in [0, 0.05) is 5.39 Å². The van der Waals surface area contributed by atoms with E-state index in [1.54, 1.807) is 12.1 Å². The number of aromatic hydroxyl groups is 1. The van der Waals surface area contributed by atoms with Gasteiger partial charge in [-0.05, 0) is 6.07 Å². The Kier molecular flexibility index (Phi) is 1.93. The molecule has 1 aromatic carbocycles. The SMILES string of the molecule is NC(=O)c1oc(=O)c2ccccc2c1O. The summed E-state index contributed by atoms with van der Waals surface area (Å²) in [6.07, 6.45) is 0. The highest BCUT2D eigenvalue weighted by atomic mass is 16.4. The van der Waals surface area contributed by atoms with Crippen LogP contribution in [0, 0.1) is 0 Å². The lowest BCUT2D eigenvalue weighted by Gasteiger charge is -2.02. The number of hydrogen-bond acceptors (Lipinski definition) is 4. The molecule has 0 fully saturated rings. The Bertz CT molecular complexity index is 600. The first-order valence-electron chi connectivity index (χ1n) is 4.16. The van der Waals surface area contributed by atoms with Gasteiger partial charge in [0.1, 0.15) is 0 Å². The second-order valence-electron chi connectivity index (χ2n) is 2.98. The zero-order chi connectivity index (χ0) is 11.0. The lowest BCUT2D eigenvalue weighted by molar-refractivity contribution is 0.0965. The van der Waals surface area contributed by atoms with E-state index in [2.05, 4.69) is 4.42 Å². The fourth-order valence-electron chi connectivity index (χ4n) is 1.35. The molecule has 0 saturated heterocycles. The number of carbonyl (C=O) groups excluding carboxylic acids is 1. The summed E-state index contributed by atoms with van der Waals surface area (Å²) >= 11 is 0. The Labute approximate surface area is 83.7 Å². The van der Waals surface area contributed by atoms with Gasteiger partial charge in [0.25, 0.3) is 5.91 Å². The molecule has 0 saturated carbocycles. The number of amides is 1. The van der Waals surface area contributed by atoms with Crippen molar-refractivity contribution in [3.63, 3.8) is 0 Å². The minimum absolute atomic E-state index is 0.208. The van der Waals surface area contributed by atoms with E-state index in [4.69, 9.17) is 5.73 Å². The van der Waals surface area contributed by atoms with E-state index in [1.807, 2.05) is 0 Å². The Balaban J connectivity index is 2.97. The third kappa shape index (κ3) is 1.34. The molecular weight excluding hydrogens is 198 g/mol. The summed E-state index contributed by atoms with van der Waals surface area (Å²) in [5.41, 5.74) is 4.25. The fourth-order valence-corrected chi connectivity index (χ4v) is 1.35. The van der Waals surface area contributed by atoms with Crippen molar-refractivity contribution in [1.82, 2.24) is 0 Å². The van der Waals surface area contributed by atoms with Crippen LogP contribution in [0.5, 0.6) is 5.75 Å². The van der Waals surface area contributed by atoms with Crippen molar-refractivity contribution in [2.24, 2.45) is 5.73 Å². The maximum Gasteiger partial charge on any atom is 0.344 e. The molecule has 76 valence electrons. The van der Waals surface area contributed by atoms with Crippen LogP contribution in [0.3, 0.4) is 0 Å². The van der Waals surface area contributed by atoms with Crippen LogP contribution in [0.4, 0.5) is 0 Å². The van der Waals surface area contributed by atoms with E-state index in [0.717, 1.165) is 0 Å². The van der Waals surface area contributed by atoms with Crippen molar-refractivity contribution in [3.8, 4) is 5.75 Å². The first-order chi connectivity index (χ1) is 7.11.